The highest BCUT2D eigenvalue weighted by atomic mass is 35.5. The van der Waals surface area contributed by atoms with Gasteiger partial charge in [0.1, 0.15) is 4.70 Å². The number of carbonyl (C=O) groups is 1. The molecule has 0 aliphatic heterocycles. The highest BCUT2D eigenvalue weighted by Gasteiger charge is 2.16. The largest absolute Gasteiger partial charge is 0.351 e. The molecule has 2 aromatic carbocycles. The Morgan fingerprint density at radius 3 is 2.70 bits per heavy atom. The van der Waals surface area contributed by atoms with Crippen molar-refractivity contribution < 1.29 is 4.79 Å². The molecule has 5 nitrogen and oxygen atoms in total. The number of amides is 1. The Bertz CT molecular complexity index is 1270. The smallest absolute Gasteiger partial charge is 0.276 e. The van der Waals surface area contributed by atoms with Gasteiger partial charge in [0.15, 0.2) is 5.16 Å². The third-order valence-corrected chi connectivity index (χ3v) is 6.62. The van der Waals surface area contributed by atoms with Crippen molar-refractivity contribution in [2.45, 2.75) is 18.6 Å². The predicted molar refractivity (Wildman–Crippen MR) is 124 cm³/mol. The van der Waals surface area contributed by atoms with Gasteiger partial charge in [-0.1, -0.05) is 53.7 Å². The second-order valence-corrected chi connectivity index (χ2v) is 8.94. The molecular formula is C22H18ClN3O2S2. The molecular weight excluding hydrogens is 438 g/mol. The maximum atomic E-state index is 13.2. The van der Waals surface area contributed by atoms with Gasteiger partial charge in [0.05, 0.1) is 17.0 Å². The van der Waals surface area contributed by atoms with Gasteiger partial charge in [-0.05, 0) is 47.7 Å². The summed E-state index contributed by atoms with van der Waals surface area (Å²) in [5.41, 5.74) is 3.24. The predicted octanol–water partition coefficient (Wildman–Crippen LogP) is 4.82. The van der Waals surface area contributed by atoms with Crippen molar-refractivity contribution in [1.82, 2.24) is 14.9 Å². The van der Waals surface area contributed by atoms with E-state index < -0.39 is 0 Å². The van der Waals surface area contributed by atoms with Crippen molar-refractivity contribution >= 4 is 50.8 Å². The number of hydrogen-bond acceptors (Lipinski definition) is 5. The van der Waals surface area contributed by atoms with Gasteiger partial charge >= 0.3 is 0 Å². The van der Waals surface area contributed by atoms with Gasteiger partial charge in [-0.15, -0.1) is 11.3 Å². The topological polar surface area (TPSA) is 64.0 Å². The van der Waals surface area contributed by atoms with E-state index in [1.807, 2.05) is 54.8 Å². The molecule has 0 fully saturated rings. The number of thioether (sulfide) groups is 1. The molecule has 152 valence electrons. The first-order valence-corrected chi connectivity index (χ1v) is 11.5. The Morgan fingerprint density at radius 1 is 1.17 bits per heavy atom. The van der Waals surface area contributed by atoms with E-state index in [0.29, 0.717) is 26.9 Å². The van der Waals surface area contributed by atoms with Crippen LogP contribution in [-0.4, -0.2) is 21.2 Å². The fraction of sp³-hybridized carbons (Fsp3) is 0.136. The molecule has 0 radical (unpaired) electrons. The molecule has 2 aromatic heterocycles. The van der Waals surface area contributed by atoms with Gasteiger partial charge in [0, 0.05) is 11.6 Å². The highest BCUT2D eigenvalue weighted by Crippen LogP contribution is 2.25. The first-order chi connectivity index (χ1) is 14.5. The third kappa shape index (κ3) is 4.43. The van der Waals surface area contributed by atoms with E-state index in [4.69, 9.17) is 11.6 Å². The first kappa shape index (κ1) is 20.7. The van der Waals surface area contributed by atoms with Crippen LogP contribution in [0.3, 0.4) is 0 Å². The molecule has 2 heterocycles. The van der Waals surface area contributed by atoms with Crippen molar-refractivity contribution in [3.05, 3.63) is 86.5 Å². The molecule has 8 heteroatoms. The number of nitrogens with zero attached hydrogens (tertiary/aromatic N) is 2. The van der Waals surface area contributed by atoms with Gasteiger partial charge in [-0.2, -0.15) is 0 Å². The summed E-state index contributed by atoms with van der Waals surface area (Å²) in [6, 6.07) is 16.8. The normalized spacial score (nSPS) is 11.0. The quantitative estimate of drug-likeness (QED) is 0.334. The average molecular weight is 456 g/mol. The van der Waals surface area contributed by atoms with Crippen LogP contribution < -0.4 is 10.9 Å². The minimum absolute atomic E-state index is 0.117. The number of carbonyl (C=O) groups excluding carboxylic acids is 1. The summed E-state index contributed by atoms with van der Waals surface area (Å²) >= 11 is 8.52. The molecule has 0 aliphatic rings. The lowest BCUT2D eigenvalue weighted by molar-refractivity contribution is -0.118. The van der Waals surface area contributed by atoms with Crippen molar-refractivity contribution in [3.63, 3.8) is 0 Å². The van der Waals surface area contributed by atoms with Crippen LogP contribution in [0.1, 0.15) is 11.1 Å². The Kier molecular flexibility index (Phi) is 6.22. The van der Waals surface area contributed by atoms with Gasteiger partial charge in [-0.3, -0.25) is 14.2 Å². The van der Waals surface area contributed by atoms with Gasteiger partial charge in [-0.25, -0.2) is 4.98 Å². The second kappa shape index (κ2) is 9.04. The summed E-state index contributed by atoms with van der Waals surface area (Å²) < 4.78 is 2.21. The van der Waals surface area contributed by atoms with Crippen molar-refractivity contribution in [3.8, 4) is 5.69 Å². The lowest BCUT2D eigenvalue weighted by atomic mass is 10.2. The number of para-hydroxylation sites is 1. The first-order valence-electron chi connectivity index (χ1n) is 9.23. The number of halogens is 1. The summed E-state index contributed by atoms with van der Waals surface area (Å²) in [5, 5.41) is 5.90. The Morgan fingerprint density at radius 2 is 1.93 bits per heavy atom. The summed E-state index contributed by atoms with van der Waals surface area (Å²) in [6.45, 7) is 2.37. The van der Waals surface area contributed by atoms with Crippen molar-refractivity contribution in [1.29, 1.82) is 0 Å². The second-order valence-electron chi connectivity index (χ2n) is 6.65. The summed E-state index contributed by atoms with van der Waals surface area (Å²) in [5.74, 6) is 0.0209. The summed E-state index contributed by atoms with van der Waals surface area (Å²) in [7, 11) is 0. The molecule has 4 aromatic rings. The van der Waals surface area contributed by atoms with Crippen LogP contribution in [0.15, 0.2) is 69.9 Å². The van der Waals surface area contributed by atoms with E-state index in [-0.39, 0.29) is 17.2 Å². The van der Waals surface area contributed by atoms with Crippen LogP contribution in [0.4, 0.5) is 0 Å². The zero-order valence-electron chi connectivity index (χ0n) is 16.1. The molecule has 0 unspecified atom stereocenters. The standard InChI is InChI=1S/C22H18ClN3O2S2/c1-14-4-2-3-5-18(14)26-21(28)20-17(10-11-29-20)25-22(26)30-13-19(27)24-12-15-6-8-16(23)9-7-15/h2-11H,12-13H2,1H3,(H,24,27). The maximum absolute atomic E-state index is 13.2. The lowest BCUT2D eigenvalue weighted by Gasteiger charge is -2.14. The van der Waals surface area contributed by atoms with Crippen molar-refractivity contribution in [2.75, 3.05) is 5.75 Å². The van der Waals surface area contributed by atoms with E-state index in [1.165, 1.54) is 23.1 Å². The number of rotatable bonds is 6. The number of thiophene rings is 1. The van der Waals surface area contributed by atoms with Crippen LogP contribution in [0.2, 0.25) is 5.02 Å². The molecule has 30 heavy (non-hydrogen) atoms. The Labute approximate surface area is 186 Å². The molecule has 0 saturated carbocycles. The van der Waals surface area contributed by atoms with Gasteiger partial charge in [0.25, 0.3) is 5.56 Å². The lowest BCUT2D eigenvalue weighted by Crippen LogP contribution is -2.26. The molecule has 0 aliphatic carbocycles. The Balaban J connectivity index is 1.57. The van der Waals surface area contributed by atoms with E-state index in [9.17, 15) is 9.59 Å². The van der Waals surface area contributed by atoms with Crippen LogP contribution in [0, 0.1) is 6.92 Å². The average Bonchev–Trinajstić information content (AvgIpc) is 3.22. The molecule has 1 amide bonds. The van der Waals surface area contributed by atoms with Crippen molar-refractivity contribution in [2.24, 2.45) is 0 Å². The van der Waals surface area contributed by atoms with Gasteiger partial charge in [0.2, 0.25) is 5.91 Å². The number of aryl methyl sites for hydroxylation is 1. The fourth-order valence-electron chi connectivity index (χ4n) is 3.00. The summed E-state index contributed by atoms with van der Waals surface area (Å²) in [6.07, 6.45) is 0. The minimum atomic E-state index is -0.133. The van der Waals surface area contributed by atoms with E-state index in [1.54, 1.807) is 16.7 Å². The van der Waals surface area contributed by atoms with Crippen LogP contribution >= 0.6 is 34.7 Å². The summed E-state index contributed by atoms with van der Waals surface area (Å²) in [4.78, 5) is 30.2. The van der Waals surface area contributed by atoms with Gasteiger partial charge < -0.3 is 5.32 Å². The molecule has 4 rings (SSSR count). The number of benzene rings is 2. The minimum Gasteiger partial charge on any atom is -0.351 e. The molecule has 1 N–H and O–H groups in total. The van der Waals surface area contributed by atoms with Crippen LogP contribution in [0.25, 0.3) is 15.9 Å². The van der Waals surface area contributed by atoms with E-state index >= 15 is 0 Å². The highest BCUT2D eigenvalue weighted by molar-refractivity contribution is 7.99. The maximum Gasteiger partial charge on any atom is 0.276 e. The SMILES string of the molecule is Cc1ccccc1-n1c(SCC(=O)NCc2ccc(Cl)cc2)nc2ccsc2c1=O. The number of aromatic nitrogens is 2. The zero-order valence-corrected chi connectivity index (χ0v) is 18.5. The number of hydrogen-bond donors (Lipinski definition) is 1. The molecule has 0 saturated heterocycles. The van der Waals surface area contributed by atoms with Crippen LogP contribution in [0.5, 0.6) is 0 Å². The van der Waals surface area contributed by atoms with Crippen LogP contribution in [-0.2, 0) is 11.3 Å². The number of nitrogens with one attached hydrogen (secondary N) is 1. The molecule has 0 atom stereocenters. The third-order valence-electron chi connectivity index (χ3n) is 4.54. The fourth-order valence-corrected chi connectivity index (χ4v) is 4.72. The monoisotopic (exact) mass is 455 g/mol. The zero-order chi connectivity index (χ0) is 21.1. The Hall–Kier alpha value is -2.61. The molecule has 0 spiro atoms. The molecule has 0 bridgehead atoms. The number of fused-ring (bicyclic) bond motifs is 1. The van der Waals surface area contributed by atoms with E-state index in [2.05, 4.69) is 10.3 Å². The van der Waals surface area contributed by atoms with E-state index in [0.717, 1.165) is 16.8 Å².